The molecule has 1 aliphatic heterocycles. The maximum absolute atomic E-state index is 11.1. The monoisotopic (exact) mass is 337 g/mol. The number of carbonyl (C=O) groups is 1. The highest BCUT2D eigenvalue weighted by atomic mass is 35.5. The Hall–Kier alpha value is -2.68. The second-order valence-corrected chi connectivity index (χ2v) is 5.31. The minimum absolute atomic E-state index is 0.0707. The Bertz CT molecular complexity index is 793. The van der Waals surface area contributed by atoms with Gasteiger partial charge in [-0.15, -0.1) is 0 Å². The topological polar surface area (TPSA) is 110 Å². The van der Waals surface area contributed by atoms with Crippen LogP contribution in [0.5, 0.6) is 0 Å². The number of halogens is 1. The van der Waals surface area contributed by atoms with E-state index in [1.165, 1.54) is 25.2 Å². The van der Waals surface area contributed by atoms with Gasteiger partial charge in [0.2, 0.25) is 0 Å². The van der Waals surface area contributed by atoms with E-state index in [-0.39, 0.29) is 16.9 Å². The van der Waals surface area contributed by atoms with Crippen molar-refractivity contribution < 1.29 is 14.5 Å². The lowest BCUT2D eigenvalue weighted by Crippen LogP contribution is -2.54. The zero-order valence-electron chi connectivity index (χ0n) is 12.0. The molecule has 2 heterocycles. The number of fused-ring (bicyclic) bond motifs is 1. The average Bonchev–Trinajstić information content (AvgIpc) is 2.49. The van der Waals surface area contributed by atoms with E-state index < -0.39 is 11.0 Å². The largest absolute Gasteiger partial charge is 0.442 e. The number of benzene rings is 1. The molecule has 1 aromatic heterocycles. The Morgan fingerprint density at radius 2 is 2.17 bits per heavy atom. The molecule has 0 atom stereocenters. The van der Waals surface area contributed by atoms with Crippen LogP contribution in [0.2, 0.25) is 5.15 Å². The highest BCUT2D eigenvalue weighted by Crippen LogP contribution is 2.30. The third kappa shape index (κ3) is 2.95. The first-order valence-electron chi connectivity index (χ1n) is 6.73. The number of carbonyl (C=O) groups excluding carboxylic acids is 1. The molecular weight excluding hydrogens is 326 g/mol. The number of nitro benzene ring substituents is 1. The van der Waals surface area contributed by atoms with E-state index in [9.17, 15) is 14.9 Å². The molecule has 1 saturated heterocycles. The predicted octanol–water partition coefficient (Wildman–Crippen LogP) is 1.74. The molecule has 0 radical (unpaired) electrons. The maximum Gasteiger partial charge on any atom is 0.407 e. The fourth-order valence-corrected chi connectivity index (χ4v) is 2.48. The molecule has 0 bridgehead atoms. The summed E-state index contributed by atoms with van der Waals surface area (Å²) in [6.45, 7) is 0.917. The van der Waals surface area contributed by atoms with Gasteiger partial charge >= 0.3 is 6.09 Å². The molecule has 1 fully saturated rings. The smallest absolute Gasteiger partial charge is 0.407 e. The summed E-state index contributed by atoms with van der Waals surface area (Å²) in [5.41, 5.74) is 0.788. The lowest BCUT2D eigenvalue weighted by atomic mass is 10.1. The summed E-state index contributed by atoms with van der Waals surface area (Å²) in [6.07, 6.45) is -0.724. The van der Waals surface area contributed by atoms with Crippen LogP contribution in [0, 0.1) is 10.1 Å². The van der Waals surface area contributed by atoms with Crippen molar-refractivity contribution in [2.45, 2.75) is 6.10 Å². The summed E-state index contributed by atoms with van der Waals surface area (Å²) in [5, 5.41) is 13.3. The van der Waals surface area contributed by atoms with E-state index in [0.29, 0.717) is 29.9 Å². The standard InChI is InChI=1S/C13H12ClN5O4/c1-15-13(20)23-8-5-18(6-8)12-11(14)16-10-4-7(19(21)22)2-3-9(10)17-12/h2-4,8H,5-6H2,1H3,(H,15,20). The molecule has 3 rings (SSSR count). The minimum Gasteiger partial charge on any atom is -0.442 e. The molecule has 0 unspecified atom stereocenters. The Morgan fingerprint density at radius 3 is 2.83 bits per heavy atom. The Kier molecular flexibility index (Phi) is 3.87. The van der Waals surface area contributed by atoms with Crippen molar-refractivity contribution in [1.82, 2.24) is 15.3 Å². The summed E-state index contributed by atoms with van der Waals surface area (Å²) in [6, 6.07) is 4.21. The zero-order valence-corrected chi connectivity index (χ0v) is 12.8. The number of anilines is 1. The van der Waals surface area contributed by atoms with Gasteiger partial charge in [-0.05, 0) is 6.07 Å². The van der Waals surface area contributed by atoms with Gasteiger partial charge in [0.15, 0.2) is 11.0 Å². The maximum atomic E-state index is 11.1. The van der Waals surface area contributed by atoms with E-state index in [1.807, 2.05) is 4.90 Å². The van der Waals surface area contributed by atoms with Crippen LogP contribution in [0.15, 0.2) is 18.2 Å². The molecule has 0 saturated carbocycles. The van der Waals surface area contributed by atoms with Crippen molar-refractivity contribution in [2.75, 3.05) is 25.0 Å². The van der Waals surface area contributed by atoms with Gasteiger partial charge in [-0.2, -0.15) is 0 Å². The first-order valence-corrected chi connectivity index (χ1v) is 7.10. The molecule has 1 amide bonds. The van der Waals surface area contributed by atoms with Crippen LogP contribution in [0.3, 0.4) is 0 Å². The number of nitrogens with one attached hydrogen (secondary N) is 1. The van der Waals surface area contributed by atoms with E-state index >= 15 is 0 Å². The number of non-ortho nitro benzene ring substituents is 1. The van der Waals surface area contributed by atoms with Crippen LogP contribution < -0.4 is 10.2 Å². The van der Waals surface area contributed by atoms with Crippen molar-refractivity contribution >= 4 is 40.2 Å². The molecule has 0 aliphatic carbocycles. The van der Waals surface area contributed by atoms with Crippen LogP contribution in [0.25, 0.3) is 11.0 Å². The summed E-state index contributed by atoms with van der Waals surface area (Å²) in [4.78, 5) is 31.8. The third-order valence-corrected chi connectivity index (χ3v) is 3.68. The molecule has 10 heteroatoms. The SMILES string of the molecule is CNC(=O)OC1CN(c2nc3ccc([N+](=O)[O-])cc3nc2Cl)C1. The summed E-state index contributed by atoms with van der Waals surface area (Å²) >= 11 is 6.12. The fourth-order valence-electron chi connectivity index (χ4n) is 2.22. The summed E-state index contributed by atoms with van der Waals surface area (Å²) in [7, 11) is 1.49. The predicted molar refractivity (Wildman–Crippen MR) is 82.7 cm³/mol. The van der Waals surface area contributed by atoms with Crippen molar-refractivity contribution in [3.05, 3.63) is 33.5 Å². The van der Waals surface area contributed by atoms with Gasteiger partial charge in [-0.3, -0.25) is 10.1 Å². The molecule has 1 aliphatic rings. The highest BCUT2D eigenvalue weighted by molar-refractivity contribution is 6.32. The van der Waals surface area contributed by atoms with Gasteiger partial charge < -0.3 is 15.0 Å². The minimum atomic E-state index is -0.501. The number of nitrogens with zero attached hydrogens (tertiary/aromatic N) is 4. The number of amides is 1. The van der Waals surface area contributed by atoms with Gasteiger partial charge in [0.1, 0.15) is 6.10 Å². The first kappa shape index (κ1) is 15.2. The van der Waals surface area contributed by atoms with Gasteiger partial charge in [-0.25, -0.2) is 14.8 Å². The Labute approximate surface area is 135 Å². The number of alkyl carbamates (subject to hydrolysis) is 1. The average molecular weight is 338 g/mol. The molecule has 9 nitrogen and oxygen atoms in total. The molecular formula is C13H12ClN5O4. The van der Waals surface area contributed by atoms with Gasteiger partial charge in [0.05, 0.1) is 29.0 Å². The second kappa shape index (κ2) is 5.84. The zero-order chi connectivity index (χ0) is 16.6. The van der Waals surface area contributed by atoms with Crippen LogP contribution in [-0.4, -0.2) is 47.2 Å². The van der Waals surface area contributed by atoms with E-state index in [0.717, 1.165) is 0 Å². The lowest BCUT2D eigenvalue weighted by molar-refractivity contribution is -0.384. The number of aromatic nitrogens is 2. The van der Waals surface area contributed by atoms with E-state index in [4.69, 9.17) is 16.3 Å². The van der Waals surface area contributed by atoms with E-state index in [1.54, 1.807) is 0 Å². The number of hydrogen-bond acceptors (Lipinski definition) is 7. The molecule has 23 heavy (non-hydrogen) atoms. The Balaban J connectivity index is 1.80. The van der Waals surface area contributed by atoms with Gasteiger partial charge in [0.25, 0.3) is 5.69 Å². The number of ether oxygens (including phenoxy) is 1. The first-order chi connectivity index (χ1) is 11.0. The van der Waals surface area contributed by atoms with E-state index in [2.05, 4.69) is 15.3 Å². The molecule has 1 aromatic carbocycles. The van der Waals surface area contributed by atoms with Crippen molar-refractivity contribution in [1.29, 1.82) is 0 Å². The summed E-state index contributed by atoms with van der Waals surface area (Å²) < 4.78 is 5.10. The van der Waals surface area contributed by atoms with Crippen molar-refractivity contribution in [3.63, 3.8) is 0 Å². The second-order valence-electron chi connectivity index (χ2n) is 4.95. The number of nitro groups is 1. The normalized spacial score (nSPS) is 14.4. The molecule has 120 valence electrons. The third-order valence-electron chi connectivity index (χ3n) is 3.42. The lowest BCUT2D eigenvalue weighted by Gasteiger charge is -2.39. The van der Waals surface area contributed by atoms with Crippen molar-refractivity contribution in [3.8, 4) is 0 Å². The number of rotatable bonds is 3. The van der Waals surface area contributed by atoms with Crippen LogP contribution in [0.1, 0.15) is 0 Å². The quantitative estimate of drug-likeness (QED) is 0.670. The van der Waals surface area contributed by atoms with Crippen LogP contribution >= 0.6 is 11.6 Å². The molecule has 2 aromatic rings. The number of hydrogen-bond donors (Lipinski definition) is 1. The van der Waals surface area contributed by atoms with Gasteiger partial charge in [0, 0.05) is 19.2 Å². The fraction of sp³-hybridized carbons (Fsp3) is 0.308. The molecule has 1 N–H and O–H groups in total. The molecule has 0 spiro atoms. The Morgan fingerprint density at radius 1 is 1.43 bits per heavy atom. The van der Waals surface area contributed by atoms with Crippen LogP contribution in [-0.2, 0) is 4.74 Å². The van der Waals surface area contributed by atoms with Crippen LogP contribution in [0.4, 0.5) is 16.3 Å². The van der Waals surface area contributed by atoms with Crippen molar-refractivity contribution in [2.24, 2.45) is 0 Å². The van der Waals surface area contributed by atoms with Gasteiger partial charge in [-0.1, -0.05) is 11.6 Å². The highest BCUT2D eigenvalue weighted by Gasteiger charge is 2.32. The summed E-state index contributed by atoms with van der Waals surface area (Å²) in [5.74, 6) is 0.463.